The number of benzene rings is 1. The quantitative estimate of drug-likeness (QED) is 0.242. The lowest BCUT2D eigenvalue weighted by molar-refractivity contribution is -0.141. The van der Waals surface area contributed by atoms with E-state index in [0.29, 0.717) is 49.5 Å². The Bertz CT molecular complexity index is 1370. The van der Waals surface area contributed by atoms with E-state index in [1.54, 1.807) is 18.3 Å². The zero-order valence-corrected chi connectivity index (χ0v) is 23.7. The molecule has 1 aliphatic carbocycles. The van der Waals surface area contributed by atoms with Crippen LogP contribution in [0, 0.1) is 12.8 Å². The summed E-state index contributed by atoms with van der Waals surface area (Å²) in [6.07, 6.45) is 1.62. The highest BCUT2D eigenvalue weighted by Gasteiger charge is 2.39. The van der Waals surface area contributed by atoms with E-state index in [4.69, 9.17) is 0 Å². The Morgan fingerprint density at radius 2 is 1.80 bits per heavy atom. The number of halogens is 3. The lowest BCUT2D eigenvalue weighted by Gasteiger charge is -2.33. The molecule has 0 saturated heterocycles. The van der Waals surface area contributed by atoms with Crippen molar-refractivity contribution in [2.24, 2.45) is 5.92 Å². The molecule has 1 saturated carbocycles. The fourth-order valence-corrected chi connectivity index (χ4v) is 5.82. The maximum Gasteiger partial charge on any atom is 0.433 e. The van der Waals surface area contributed by atoms with E-state index < -0.39 is 17.5 Å². The van der Waals surface area contributed by atoms with Crippen molar-refractivity contribution in [1.29, 1.82) is 0 Å². The van der Waals surface area contributed by atoms with Crippen LogP contribution in [-0.2, 0) is 21.4 Å². The largest absolute Gasteiger partial charge is 0.433 e. The average molecular weight is 591 g/mol. The first-order valence-electron chi connectivity index (χ1n) is 13.4. The summed E-state index contributed by atoms with van der Waals surface area (Å²) < 4.78 is 39.1. The molecule has 0 radical (unpaired) electrons. The number of nitrogens with one attached hydrogen (secondary N) is 3. The molecule has 2 aromatic heterocycles. The second kappa shape index (κ2) is 12.9. The van der Waals surface area contributed by atoms with Gasteiger partial charge < -0.3 is 21.1 Å². The number of nitrogens with zero attached hydrogens (tertiary/aromatic N) is 3. The molecule has 13 heteroatoms. The number of amides is 2. The number of hydrogen-bond acceptors (Lipinski definition) is 8. The van der Waals surface area contributed by atoms with Crippen LogP contribution in [0.4, 0.5) is 24.8 Å². The fraction of sp³-hybridized carbons (Fsp3) is 0.464. The predicted molar refractivity (Wildman–Crippen MR) is 149 cm³/mol. The van der Waals surface area contributed by atoms with Crippen LogP contribution in [0.1, 0.15) is 61.7 Å². The highest BCUT2D eigenvalue weighted by Crippen LogP contribution is 2.43. The van der Waals surface area contributed by atoms with Gasteiger partial charge in [0, 0.05) is 44.0 Å². The summed E-state index contributed by atoms with van der Waals surface area (Å²) >= 11 is 1.35. The molecule has 1 aromatic carbocycles. The first-order chi connectivity index (χ1) is 19.4. The summed E-state index contributed by atoms with van der Waals surface area (Å²) in [4.78, 5) is 36.3. The minimum absolute atomic E-state index is 0.0176. The summed E-state index contributed by atoms with van der Waals surface area (Å²) in [5.41, 5.74) is 0.0175. The average Bonchev–Trinajstić information content (AvgIpc) is 3.42. The molecular formula is C28H33F3N6O3S. The van der Waals surface area contributed by atoms with E-state index in [1.807, 2.05) is 13.0 Å². The highest BCUT2D eigenvalue weighted by molar-refractivity contribution is 7.15. The van der Waals surface area contributed by atoms with Crippen LogP contribution in [0.25, 0.3) is 10.4 Å². The third-order valence-corrected chi connectivity index (χ3v) is 8.17. The van der Waals surface area contributed by atoms with Gasteiger partial charge in [-0.25, -0.2) is 15.0 Å². The Hall–Kier alpha value is -3.58. The van der Waals surface area contributed by atoms with Crippen molar-refractivity contribution in [3.8, 4) is 10.4 Å². The number of carbonyl (C=O) groups is 2. The monoisotopic (exact) mass is 590 g/mol. The van der Waals surface area contributed by atoms with Gasteiger partial charge in [-0.3, -0.25) is 9.59 Å². The van der Waals surface area contributed by atoms with Gasteiger partial charge in [-0.15, -0.1) is 11.3 Å². The fourth-order valence-electron chi connectivity index (χ4n) is 4.77. The Labute approximate surface area is 240 Å². The first kappa shape index (κ1) is 30.4. The standard InChI is InChI=1S/C28H33F3N6O3S/c1-17-13-20(15-21(14-17)36-26-34-12-7-23(37-26)28(29,30)31)22-16-35-25(41-22)27(40)8-5-19(6-9-27)24(39)33-11-4-3-10-32-18(2)38/h7,12-16,19,40H,3-6,8-11H2,1-2H3,(H,32,38)(H,33,39)(H,34,36,37)/t19-,27+. The van der Waals surface area contributed by atoms with E-state index in [-0.39, 0.29) is 23.7 Å². The minimum atomic E-state index is -4.57. The number of aryl methyl sites for hydroxylation is 1. The number of rotatable bonds is 10. The molecule has 9 nitrogen and oxygen atoms in total. The van der Waals surface area contributed by atoms with Crippen molar-refractivity contribution in [3.05, 3.63) is 52.9 Å². The topological polar surface area (TPSA) is 129 Å². The van der Waals surface area contributed by atoms with Crippen molar-refractivity contribution in [2.45, 2.75) is 64.1 Å². The van der Waals surface area contributed by atoms with Crippen molar-refractivity contribution in [2.75, 3.05) is 18.4 Å². The zero-order chi connectivity index (χ0) is 29.6. The normalized spacial score (nSPS) is 19.0. The number of unbranched alkanes of at least 4 members (excludes halogenated alkanes) is 1. The van der Waals surface area contributed by atoms with Gasteiger partial charge >= 0.3 is 6.18 Å². The third-order valence-electron chi connectivity index (χ3n) is 6.93. The molecule has 0 aliphatic heterocycles. The summed E-state index contributed by atoms with van der Waals surface area (Å²) in [6.45, 7) is 4.47. The van der Waals surface area contributed by atoms with Gasteiger partial charge in [-0.05, 0) is 74.8 Å². The van der Waals surface area contributed by atoms with Gasteiger partial charge in [-0.1, -0.05) is 6.07 Å². The first-order valence-corrected chi connectivity index (χ1v) is 14.2. The summed E-state index contributed by atoms with van der Waals surface area (Å²) in [5.74, 6) is -0.424. The van der Waals surface area contributed by atoms with Crippen LogP contribution in [0.3, 0.4) is 0 Å². The van der Waals surface area contributed by atoms with E-state index in [1.165, 1.54) is 18.3 Å². The molecule has 0 atom stereocenters. The molecule has 0 spiro atoms. The van der Waals surface area contributed by atoms with Gasteiger partial charge in [0.1, 0.15) is 16.3 Å². The number of alkyl halides is 3. The second-order valence-electron chi connectivity index (χ2n) is 10.3. The van der Waals surface area contributed by atoms with Gasteiger partial charge in [-0.2, -0.15) is 13.2 Å². The minimum Gasteiger partial charge on any atom is -0.383 e. The van der Waals surface area contributed by atoms with Crippen molar-refractivity contribution < 1.29 is 27.9 Å². The molecule has 2 heterocycles. The number of thiazole rings is 1. The molecule has 220 valence electrons. The van der Waals surface area contributed by atoms with Crippen LogP contribution < -0.4 is 16.0 Å². The molecule has 2 amide bonds. The van der Waals surface area contributed by atoms with E-state index in [2.05, 4.69) is 30.9 Å². The van der Waals surface area contributed by atoms with Crippen LogP contribution in [0.5, 0.6) is 0 Å². The Morgan fingerprint density at radius 3 is 2.49 bits per heavy atom. The Morgan fingerprint density at radius 1 is 1.10 bits per heavy atom. The van der Waals surface area contributed by atoms with Gasteiger partial charge in [0.2, 0.25) is 17.8 Å². The summed E-state index contributed by atoms with van der Waals surface area (Å²) in [6, 6.07) is 6.29. The third kappa shape index (κ3) is 8.23. The molecule has 41 heavy (non-hydrogen) atoms. The maximum absolute atomic E-state index is 13.0. The lowest BCUT2D eigenvalue weighted by atomic mass is 9.78. The SMILES string of the molecule is CC(=O)NCCCCNC(=O)[C@H]1CC[C@](O)(c2ncc(-c3cc(C)cc(Nc4nccc(C(F)(F)F)n4)c3)s2)CC1. The second-order valence-corrected chi connectivity index (χ2v) is 11.3. The summed E-state index contributed by atoms with van der Waals surface area (Å²) in [7, 11) is 0. The van der Waals surface area contributed by atoms with Crippen LogP contribution in [0.15, 0.2) is 36.7 Å². The molecule has 0 unspecified atom stereocenters. The molecule has 1 aliphatic rings. The Kier molecular flexibility index (Phi) is 9.59. The lowest BCUT2D eigenvalue weighted by Crippen LogP contribution is -2.38. The number of carbonyl (C=O) groups excluding carboxylic acids is 2. The number of aromatic nitrogens is 3. The molecule has 4 N–H and O–H groups in total. The van der Waals surface area contributed by atoms with Crippen LogP contribution in [0.2, 0.25) is 0 Å². The van der Waals surface area contributed by atoms with Gasteiger partial charge in [0.05, 0.1) is 4.88 Å². The predicted octanol–water partition coefficient (Wildman–Crippen LogP) is 5.08. The zero-order valence-electron chi connectivity index (χ0n) is 22.8. The van der Waals surface area contributed by atoms with E-state index in [9.17, 15) is 27.9 Å². The number of aliphatic hydroxyl groups is 1. The molecule has 1 fully saturated rings. The van der Waals surface area contributed by atoms with Gasteiger partial charge in [0.25, 0.3) is 0 Å². The molecular weight excluding hydrogens is 557 g/mol. The van der Waals surface area contributed by atoms with Crippen molar-refractivity contribution in [1.82, 2.24) is 25.6 Å². The number of anilines is 2. The van der Waals surface area contributed by atoms with Crippen molar-refractivity contribution >= 4 is 34.8 Å². The molecule has 0 bridgehead atoms. The smallest absolute Gasteiger partial charge is 0.383 e. The summed E-state index contributed by atoms with van der Waals surface area (Å²) in [5, 5.41) is 20.5. The van der Waals surface area contributed by atoms with Crippen molar-refractivity contribution in [3.63, 3.8) is 0 Å². The van der Waals surface area contributed by atoms with Crippen LogP contribution >= 0.6 is 11.3 Å². The van der Waals surface area contributed by atoms with Gasteiger partial charge in [0.15, 0.2) is 0 Å². The maximum atomic E-state index is 13.0. The van der Waals surface area contributed by atoms with Crippen LogP contribution in [-0.4, -0.2) is 45.0 Å². The van der Waals surface area contributed by atoms with E-state index in [0.717, 1.165) is 41.1 Å². The van der Waals surface area contributed by atoms with E-state index >= 15 is 0 Å². The highest BCUT2D eigenvalue weighted by atomic mass is 32.1. The number of hydrogen-bond donors (Lipinski definition) is 4. The Balaban J connectivity index is 1.36. The molecule has 4 rings (SSSR count). The molecule has 3 aromatic rings.